The van der Waals surface area contributed by atoms with Crippen LogP contribution in [0.3, 0.4) is 0 Å². The van der Waals surface area contributed by atoms with Crippen molar-refractivity contribution in [2.24, 2.45) is 5.41 Å². The molecule has 0 aliphatic heterocycles. The van der Waals surface area contributed by atoms with Crippen LogP contribution in [0.2, 0.25) is 13.1 Å². The molecule has 1 unspecified atom stereocenters. The van der Waals surface area contributed by atoms with Gasteiger partial charge in [0, 0.05) is 12.5 Å². The van der Waals surface area contributed by atoms with E-state index in [0.29, 0.717) is 11.8 Å². The number of aromatic nitrogens is 2. The highest BCUT2D eigenvalue weighted by Gasteiger charge is 2.27. The van der Waals surface area contributed by atoms with Crippen LogP contribution >= 0.6 is 0 Å². The minimum absolute atomic E-state index is 0.0693. The summed E-state index contributed by atoms with van der Waals surface area (Å²) >= 11 is 0. The number of rotatable bonds is 4. The molecule has 0 radical (unpaired) electrons. The molecule has 1 atom stereocenters. The quantitative estimate of drug-likeness (QED) is 0.797. The Morgan fingerprint density at radius 3 is 2.14 bits per heavy atom. The van der Waals surface area contributed by atoms with Crippen molar-refractivity contribution in [3.8, 4) is 11.5 Å². The SMILES string of the molecule is Cc1nnc(-c2ccc(C(O[SiH](C)C)C(C)(C)C)cc2)o1. The number of nitrogens with zero attached hydrogens (tertiary/aromatic N) is 2. The normalized spacial score (nSPS) is 13.7. The number of hydrogen-bond donors (Lipinski definition) is 0. The van der Waals surface area contributed by atoms with Gasteiger partial charge in [0.1, 0.15) is 0 Å². The lowest BCUT2D eigenvalue weighted by Crippen LogP contribution is -2.25. The molecule has 0 fully saturated rings. The maximum Gasteiger partial charge on any atom is 0.247 e. The average molecular weight is 304 g/mol. The van der Waals surface area contributed by atoms with Crippen molar-refractivity contribution in [1.29, 1.82) is 0 Å². The van der Waals surface area contributed by atoms with Gasteiger partial charge in [-0.2, -0.15) is 0 Å². The molecule has 0 saturated carbocycles. The maximum absolute atomic E-state index is 6.24. The molecule has 0 bridgehead atoms. The molecule has 114 valence electrons. The fourth-order valence-electron chi connectivity index (χ4n) is 2.27. The van der Waals surface area contributed by atoms with E-state index >= 15 is 0 Å². The summed E-state index contributed by atoms with van der Waals surface area (Å²) in [5, 5.41) is 7.91. The van der Waals surface area contributed by atoms with Gasteiger partial charge in [0.05, 0.1) is 6.10 Å². The highest BCUT2D eigenvalue weighted by molar-refractivity contribution is 6.48. The van der Waals surface area contributed by atoms with Gasteiger partial charge in [-0.15, -0.1) is 10.2 Å². The highest BCUT2D eigenvalue weighted by atomic mass is 28.3. The Morgan fingerprint density at radius 2 is 1.71 bits per heavy atom. The molecule has 0 N–H and O–H groups in total. The third-order valence-corrected chi connectivity index (χ3v) is 4.00. The van der Waals surface area contributed by atoms with Crippen LogP contribution in [0, 0.1) is 12.3 Å². The van der Waals surface area contributed by atoms with E-state index in [9.17, 15) is 0 Å². The summed E-state index contributed by atoms with van der Waals surface area (Å²) in [5.74, 6) is 1.14. The Bertz CT molecular complexity index is 585. The minimum atomic E-state index is -1.11. The van der Waals surface area contributed by atoms with E-state index < -0.39 is 9.04 Å². The minimum Gasteiger partial charge on any atom is -0.421 e. The molecule has 2 rings (SSSR count). The Kier molecular flexibility index (Phi) is 4.63. The summed E-state index contributed by atoms with van der Waals surface area (Å²) in [5.41, 5.74) is 2.21. The van der Waals surface area contributed by atoms with Crippen LogP contribution < -0.4 is 0 Å². The zero-order chi connectivity index (χ0) is 15.6. The van der Waals surface area contributed by atoms with Crippen molar-refractivity contribution in [1.82, 2.24) is 10.2 Å². The third-order valence-electron chi connectivity index (χ3n) is 3.18. The van der Waals surface area contributed by atoms with Crippen LogP contribution in [0.1, 0.15) is 38.3 Å². The van der Waals surface area contributed by atoms with Crippen molar-refractivity contribution < 1.29 is 8.84 Å². The van der Waals surface area contributed by atoms with E-state index in [1.54, 1.807) is 6.92 Å². The first kappa shape index (κ1) is 15.9. The van der Waals surface area contributed by atoms with Gasteiger partial charge in [0.2, 0.25) is 11.8 Å². The van der Waals surface area contributed by atoms with Gasteiger partial charge in [0.15, 0.2) is 9.04 Å². The highest BCUT2D eigenvalue weighted by Crippen LogP contribution is 2.37. The van der Waals surface area contributed by atoms with Crippen LogP contribution in [0.25, 0.3) is 11.5 Å². The Labute approximate surface area is 128 Å². The van der Waals surface area contributed by atoms with Crippen molar-refractivity contribution in [3.05, 3.63) is 35.7 Å². The second-order valence-electron chi connectivity index (χ2n) is 6.68. The van der Waals surface area contributed by atoms with Gasteiger partial charge in [-0.3, -0.25) is 0 Å². The third kappa shape index (κ3) is 4.01. The standard InChI is InChI=1S/C16H24N2O2Si/c1-11-17-18-15(19-11)13-9-7-12(8-10-13)14(16(2,3)4)20-21(5)6/h7-10,14,21H,1-6H3. The molecule has 0 saturated heterocycles. The summed E-state index contributed by atoms with van der Waals surface area (Å²) in [4.78, 5) is 0. The Balaban J connectivity index is 2.27. The first-order chi connectivity index (χ1) is 9.77. The van der Waals surface area contributed by atoms with E-state index in [4.69, 9.17) is 8.84 Å². The molecular weight excluding hydrogens is 280 g/mol. The molecule has 1 aromatic heterocycles. The molecule has 4 nitrogen and oxygen atoms in total. The number of benzene rings is 1. The summed E-state index contributed by atoms with van der Waals surface area (Å²) < 4.78 is 11.7. The molecule has 0 aliphatic carbocycles. The molecule has 5 heteroatoms. The van der Waals surface area contributed by atoms with Gasteiger partial charge >= 0.3 is 0 Å². The summed E-state index contributed by atoms with van der Waals surface area (Å²) in [7, 11) is -1.11. The molecule has 2 aromatic rings. The molecule has 0 amide bonds. The second kappa shape index (κ2) is 6.11. The van der Waals surface area contributed by atoms with Crippen molar-refractivity contribution >= 4 is 9.04 Å². The number of aryl methyl sites for hydroxylation is 1. The van der Waals surface area contributed by atoms with Crippen LogP contribution in [0.15, 0.2) is 28.7 Å². The van der Waals surface area contributed by atoms with E-state index in [1.807, 2.05) is 12.1 Å². The molecule has 0 aliphatic rings. The molecule has 21 heavy (non-hydrogen) atoms. The largest absolute Gasteiger partial charge is 0.421 e. The Hall–Kier alpha value is -1.46. The van der Waals surface area contributed by atoms with Crippen LogP contribution in [-0.4, -0.2) is 19.2 Å². The second-order valence-corrected chi connectivity index (χ2v) is 9.05. The first-order valence-electron chi connectivity index (χ1n) is 7.33. The van der Waals surface area contributed by atoms with Gasteiger partial charge in [-0.1, -0.05) is 32.9 Å². The number of hydrogen-bond acceptors (Lipinski definition) is 4. The van der Waals surface area contributed by atoms with Crippen molar-refractivity contribution in [3.63, 3.8) is 0 Å². The lowest BCUT2D eigenvalue weighted by molar-refractivity contribution is 0.0866. The molecular formula is C16H24N2O2Si. The average Bonchev–Trinajstić information content (AvgIpc) is 2.81. The molecule has 1 heterocycles. The van der Waals surface area contributed by atoms with Gasteiger partial charge in [-0.05, 0) is 36.2 Å². The lowest BCUT2D eigenvalue weighted by Gasteiger charge is -2.33. The topological polar surface area (TPSA) is 48.2 Å². The Morgan fingerprint density at radius 1 is 1.10 bits per heavy atom. The fraction of sp³-hybridized carbons (Fsp3) is 0.500. The fourth-order valence-corrected chi connectivity index (χ4v) is 3.38. The predicted molar refractivity (Wildman–Crippen MR) is 86.6 cm³/mol. The summed E-state index contributed by atoms with van der Waals surface area (Å²) in [6.07, 6.45) is 0.114. The summed E-state index contributed by atoms with van der Waals surface area (Å²) in [6.45, 7) is 12.8. The maximum atomic E-state index is 6.24. The lowest BCUT2D eigenvalue weighted by atomic mass is 9.84. The van der Waals surface area contributed by atoms with Crippen LogP contribution in [-0.2, 0) is 4.43 Å². The zero-order valence-corrected chi connectivity index (χ0v) is 14.8. The van der Waals surface area contributed by atoms with Crippen molar-refractivity contribution in [2.45, 2.75) is 46.9 Å². The van der Waals surface area contributed by atoms with Crippen LogP contribution in [0.4, 0.5) is 0 Å². The van der Waals surface area contributed by atoms with Gasteiger partial charge < -0.3 is 8.84 Å². The van der Waals surface area contributed by atoms with Gasteiger partial charge in [-0.25, -0.2) is 0 Å². The van der Waals surface area contributed by atoms with Gasteiger partial charge in [0.25, 0.3) is 0 Å². The zero-order valence-electron chi connectivity index (χ0n) is 13.7. The van der Waals surface area contributed by atoms with E-state index in [1.165, 1.54) is 5.56 Å². The van der Waals surface area contributed by atoms with Crippen LogP contribution in [0.5, 0.6) is 0 Å². The van der Waals surface area contributed by atoms with E-state index in [-0.39, 0.29) is 11.5 Å². The monoisotopic (exact) mass is 304 g/mol. The molecule has 0 spiro atoms. The first-order valence-corrected chi connectivity index (χ1v) is 10.1. The molecule has 1 aromatic carbocycles. The smallest absolute Gasteiger partial charge is 0.247 e. The summed E-state index contributed by atoms with van der Waals surface area (Å²) in [6, 6.07) is 8.24. The van der Waals surface area contributed by atoms with E-state index in [0.717, 1.165) is 5.56 Å². The van der Waals surface area contributed by atoms with E-state index in [2.05, 4.69) is 56.2 Å². The predicted octanol–water partition coefficient (Wildman–Crippen LogP) is 4.13. The van der Waals surface area contributed by atoms with Crippen molar-refractivity contribution in [2.75, 3.05) is 0 Å².